The van der Waals surface area contributed by atoms with Crippen LogP contribution in [0.1, 0.15) is 10.5 Å². The van der Waals surface area contributed by atoms with Gasteiger partial charge in [0.1, 0.15) is 5.82 Å². The van der Waals surface area contributed by atoms with Crippen molar-refractivity contribution in [3.63, 3.8) is 0 Å². The van der Waals surface area contributed by atoms with Gasteiger partial charge in [-0.3, -0.25) is 4.79 Å². The maximum Gasteiger partial charge on any atom is 0.279 e. The summed E-state index contributed by atoms with van der Waals surface area (Å²) in [4.78, 5) is 21.3. The average Bonchev–Trinajstić information content (AvgIpc) is 2.71. The number of hydrogen-bond acceptors (Lipinski definition) is 4. The molecule has 0 bridgehead atoms. The van der Waals surface area contributed by atoms with Crippen molar-refractivity contribution in [1.82, 2.24) is 9.97 Å². The van der Waals surface area contributed by atoms with Gasteiger partial charge in [0, 0.05) is 22.5 Å². The molecule has 2 aromatic carbocycles. The Hall–Kier alpha value is -3.44. The van der Waals surface area contributed by atoms with Gasteiger partial charge in [-0.05, 0) is 12.1 Å². The molecule has 2 N–H and O–H groups in total. The molecule has 0 aliphatic heterocycles. The Balaban J connectivity index is 1.84. The van der Waals surface area contributed by atoms with Gasteiger partial charge in [0.15, 0.2) is 11.4 Å². The minimum absolute atomic E-state index is 0.0655. The summed E-state index contributed by atoms with van der Waals surface area (Å²) in [6.45, 7) is 0. The number of anilines is 1. The van der Waals surface area contributed by atoms with E-state index in [1.54, 1.807) is 24.3 Å². The lowest BCUT2D eigenvalue weighted by atomic mass is 10.0. The molecule has 4 rings (SSSR count). The molecular weight excluding hydrogens is 362 g/mol. The molecule has 0 saturated heterocycles. The third kappa shape index (κ3) is 3.32. The summed E-state index contributed by atoms with van der Waals surface area (Å²) in [6, 6.07) is 20.0. The molecule has 0 saturated carbocycles. The van der Waals surface area contributed by atoms with Crippen LogP contribution in [0.2, 0.25) is 5.02 Å². The smallest absolute Gasteiger partial charge is 0.279 e. The molecule has 1 amide bonds. The SMILES string of the molecule is O=C(Nc1ccc(Cl)cn1)c1nc(-c2ccccc2)c2ccccc2c1O. The van der Waals surface area contributed by atoms with Gasteiger partial charge in [-0.25, -0.2) is 9.97 Å². The predicted octanol–water partition coefficient (Wildman–Crippen LogP) is 4.91. The zero-order chi connectivity index (χ0) is 18.8. The molecule has 0 fully saturated rings. The van der Waals surface area contributed by atoms with Crippen LogP contribution in [0.25, 0.3) is 22.0 Å². The fourth-order valence-corrected chi connectivity index (χ4v) is 2.96. The Morgan fingerprint density at radius 3 is 2.33 bits per heavy atom. The van der Waals surface area contributed by atoms with Crippen molar-refractivity contribution in [2.24, 2.45) is 0 Å². The minimum Gasteiger partial charge on any atom is -0.505 e. The second kappa shape index (κ2) is 7.05. The molecule has 2 aromatic heterocycles. The van der Waals surface area contributed by atoms with Crippen molar-refractivity contribution in [2.75, 3.05) is 5.32 Å². The summed E-state index contributed by atoms with van der Waals surface area (Å²) in [5.41, 5.74) is 1.41. The summed E-state index contributed by atoms with van der Waals surface area (Å²) >= 11 is 5.82. The van der Waals surface area contributed by atoms with E-state index in [0.717, 1.165) is 10.9 Å². The number of halogens is 1. The third-order valence-electron chi connectivity index (χ3n) is 4.12. The molecule has 0 spiro atoms. The Bertz CT molecular complexity index is 1130. The molecule has 27 heavy (non-hydrogen) atoms. The maximum atomic E-state index is 12.7. The van der Waals surface area contributed by atoms with Crippen LogP contribution < -0.4 is 5.32 Å². The number of pyridine rings is 2. The first-order valence-electron chi connectivity index (χ1n) is 8.23. The predicted molar refractivity (Wildman–Crippen MR) is 106 cm³/mol. The van der Waals surface area contributed by atoms with E-state index in [1.165, 1.54) is 6.20 Å². The first-order valence-corrected chi connectivity index (χ1v) is 8.61. The number of aromatic hydroxyl groups is 1. The number of benzene rings is 2. The highest BCUT2D eigenvalue weighted by Gasteiger charge is 2.20. The highest BCUT2D eigenvalue weighted by molar-refractivity contribution is 6.30. The van der Waals surface area contributed by atoms with Gasteiger partial charge in [0.25, 0.3) is 5.91 Å². The minimum atomic E-state index is -0.551. The fourth-order valence-electron chi connectivity index (χ4n) is 2.85. The Morgan fingerprint density at radius 2 is 1.63 bits per heavy atom. The van der Waals surface area contributed by atoms with Crippen LogP contribution in [0.5, 0.6) is 5.75 Å². The number of carbonyl (C=O) groups is 1. The molecule has 0 atom stereocenters. The van der Waals surface area contributed by atoms with Crippen LogP contribution in [0.4, 0.5) is 5.82 Å². The number of fused-ring (bicyclic) bond motifs is 1. The lowest BCUT2D eigenvalue weighted by Crippen LogP contribution is -2.15. The van der Waals surface area contributed by atoms with Crippen molar-refractivity contribution in [3.8, 4) is 17.0 Å². The normalized spacial score (nSPS) is 10.7. The Kier molecular flexibility index (Phi) is 4.44. The molecule has 4 aromatic rings. The summed E-state index contributed by atoms with van der Waals surface area (Å²) in [5.74, 6) is -0.401. The molecule has 2 heterocycles. The highest BCUT2D eigenvalue weighted by atomic mass is 35.5. The lowest BCUT2D eigenvalue weighted by molar-refractivity contribution is 0.101. The zero-order valence-corrected chi connectivity index (χ0v) is 14.8. The van der Waals surface area contributed by atoms with E-state index in [0.29, 0.717) is 21.9 Å². The number of amides is 1. The van der Waals surface area contributed by atoms with Crippen molar-refractivity contribution in [3.05, 3.63) is 83.6 Å². The van der Waals surface area contributed by atoms with Crippen LogP contribution in [-0.2, 0) is 0 Å². The zero-order valence-electron chi connectivity index (χ0n) is 14.1. The van der Waals surface area contributed by atoms with Gasteiger partial charge in [-0.2, -0.15) is 0 Å². The third-order valence-corrected chi connectivity index (χ3v) is 4.34. The lowest BCUT2D eigenvalue weighted by Gasteiger charge is -2.12. The van der Waals surface area contributed by atoms with Crippen LogP contribution in [0, 0.1) is 0 Å². The molecule has 0 radical (unpaired) electrons. The molecular formula is C21H14ClN3O2. The van der Waals surface area contributed by atoms with Gasteiger partial charge in [0.2, 0.25) is 0 Å². The van der Waals surface area contributed by atoms with Gasteiger partial charge in [-0.15, -0.1) is 0 Å². The number of carbonyl (C=O) groups excluding carboxylic acids is 1. The van der Waals surface area contributed by atoms with Crippen LogP contribution in [0.15, 0.2) is 72.9 Å². The topological polar surface area (TPSA) is 75.1 Å². The number of nitrogens with one attached hydrogen (secondary N) is 1. The van der Waals surface area contributed by atoms with Gasteiger partial charge in [0.05, 0.1) is 10.7 Å². The summed E-state index contributed by atoms with van der Waals surface area (Å²) < 4.78 is 0. The van der Waals surface area contributed by atoms with Gasteiger partial charge >= 0.3 is 0 Å². The Labute approximate surface area is 160 Å². The molecule has 0 aliphatic carbocycles. The Morgan fingerprint density at radius 1 is 0.926 bits per heavy atom. The highest BCUT2D eigenvalue weighted by Crippen LogP contribution is 2.34. The first-order chi connectivity index (χ1) is 13.1. The van der Waals surface area contributed by atoms with Crippen molar-refractivity contribution in [2.45, 2.75) is 0 Å². The number of aromatic nitrogens is 2. The average molecular weight is 376 g/mol. The summed E-state index contributed by atoms with van der Waals surface area (Å²) in [7, 11) is 0. The van der Waals surface area contributed by atoms with Crippen molar-refractivity contribution in [1.29, 1.82) is 0 Å². The van der Waals surface area contributed by atoms with E-state index in [2.05, 4.69) is 15.3 Å². The summed E-state index contributed by atoms with van der Waals surface area (Å²) in [5, 5.41) is 15.1. The largest absolute Gasteiger partial charge is 0.505 e. The quantitative estimate of drug-likeness (QED) is 0.533. The van der Waals surface area contributed by atoms with E-state index in [4.69, 9.17) is 11.6 Å². The second-order valence-corrected chi connectivity index (χ2v) is 6.32. The van der Waals surface area contributed by atoms with Crippen molar-refractivity contribution >= 4 is 34.1 Å². The second-order valence-electron chi connectivity index (χ2n) is 5.89. The fraction of sp³-hybridized carbons (Fsp3) is 0. The summed E-state index contributed by atoms with van der Waals surface area (Å²) in [6.07, 6.45) is 1.43. The standard InChI is InChI=1S/C21H14ClN3O2/c22-14-10-11-17(23-12-14)24-21(27)19-20(26)16-9-5-4-8-15(16)18(25-19)13-6-2-1-3-7-13/h1-12,26H,(H,23,24,27). The van der Waals surface area contributed by atoms with Crippen molar-refractivity contribution < 1.29 is 9.90 Å². The first kappa shape index (κ1) is 17.0. The van der Waals surface area contributed by atoms with Crippen LogP contribution in [-0.4, -0.2) is 21.0 Å². The molecule has 0 unspecified atom stereocenters. The number of nitrogens with zero attached hydrogens (tertiary/aromatic N) is 2. The van der Waals surface area contributed by atoms with Crippen LogP contribution >= 0.6 is 11.6 Å². The molecule has 5 nitrogen and oxygen atoms in total. The van der Waals surface area contributed by atoms with E-state index < -0.39 is 5.91 Å². The molecule has 6 heteroatoms. The van der Waals surface area contributed by atoms with E-state index in [-0.39, 0.29) is 11.4 Å². The molecule has 0 aliphatic rings. The van der Waals surface area contributed by atoms with Gasteiger partial charge in [-0.1, -0.05) is 66.2 Å². The number of hydrogen-bond donors (Lipinski definition) is 2. The maximum absolute atomic E-state index is 12.7. The molecule has 132 valence electrons. The number of rotatable bonds is 3. The van der Waals surface area contributed by atoms with E-state index >= 15 is 0 Å². The van der Waals surface area contributed by atoms with Gasteiger partial charge < -0.3 is 10.4 Å². The van der Waals surface area contributed by atoms with Crippen LogP contribution in [0.3, 0.4) is 0 Å². The van der Waals surface area contributed by atoms with E-state index in [9.17, 15) is 9.90 Å². The van der Waals surface area contributed by atoms with E-state index in [1.807, 2.05) is 42.5 Å². The monoisotopic (exact) mass is 375 g/mol.